The maximum absolute atomic E-state index is 11.9. The molecule has 0 spiro atoms. The molecule has 3 heteroatoms. The Bertz CT molecular complexity index is 602. The van der Waals surface area contributed by atoms with E-state index in [1.807, 2.05) is 12.1 Å². The Labute approximate surface area is 137 Å². The molecule has 2 aromatic rings. The molecule has 0 aliphatic heterocycles. The van der Waals surface area contributed by atoms with Crippen LogP contribution in [0.1, 0.15) is 36.5 Å². The van der Waals surface area contributed by atoms with Gasteiger partial charge in [-0.05, 0) is 36.1 Å². The van der Waals surface area contributed by atoms with Crippen molar-refractivity contribution >= 4 is 23.4 Å². The van der Waals surface area contributed by atoms with Gasteiger partial charge in [-0.15, -0.1) is 11.8 Å². The number of thioether (sulfide) groups is 1. The standard InChI is InChI=1S/C19H23NOS/c1-14(2)17-8-10-18(11-9-17)20-19(21)13-22-12-16-6-4-15(3)5-7-16/h4-11,14H,12-13H2,1-3H3,(H,20,21). The highest BCUT2D eigenvalue weighted by Crippen LogP contribution is 2.18. The number of nitrogens with one attached hydrogen (secondary N) is 1. The van der Waals surface area contributed by atoms with Crippen LogP contribution in [0.5, 0.6) is 0 Å². The minimum absolute atomic E-state index is 0.0504. The van der Waals surface area contributed by atoms with Crippen LogP contribution in [0.3, 0.4) is 0 Å². The largest absolute Gasteiger partial charge is 0.325 e. The van der Waals surface area contributed by atoms with Gasteiger partial charge < -0.3 is 5.32 Å². The lowest BCUT2D eigenvalue weighted by Gasteiger charge is -2.08. The average Bonchev–Trinajstić information content (AvgIpc) is 2.50. The molecule has 0 saturated carbocycles. The van der Waals surface area contributed by atoms with Gasteiger partial charge in [-0.3, -0.25) is 4.79 Å². The Morgan fingerprint density at radius 2 is 1.68 bits per heavy atom. The second-order valence-corrected chi connectivity index (χ2v) is 6.79. The van der Waals surface area contributed by atoms with E-state index in [-0.39, 0.29) is 5.91 Å². The molecule has 0 radical (unpaired) electrons. The molecule has 0 unspecified atom stereocenters. The molecule has 0 saturated heterocycles. The zero-order valence-corrected chi connectivity index (χ0v) is 14.2. The number of benzene rings is 2. The quantitative estimate of drug-likeness (QED) is 0.814. The van der Waals surface area contributed by atoms with E-state index in [1.54, 1.807) is 11.8 Å². The van der Waals surface area contributed by atoms with Gasteiger partial charge in [0, 0.05) is 11.4 Å². The van der Waals surface area contributed by atoms with E-state index in [1.165, 1.54) is 16.7 Å². The summed E-state index contributed by atoms with van der Waals surface area (Å²) in [5.41, 5.74) is 4.66. The number of anilines is 1. The third-order valence-corrected chi connectivity index (χ3v) is 4.49. The summed E-state index contributed by atoms with van der Waals surface area (Å²) >= 11 is 1.64. The van der Waals surface area contributed by atoms with Gasteiger partial charge in [0.25, 0.3) is 0 Å². The van der Waals surface area contributed by atoms with Crippen LogP contribution in [0.4, 0.5) is 5.69 Å². The van der Waals surface area contributed by atoms with Crippen molar-refractivity contribution in [2.45, 2.75) is 32.4 Å². The Balaban J connectivity index is 1.76. The van der Waals surface area contributed by atoms with E-state index in [2.05, 4.69) is 62.5 Å². The lowest BCUT2D eigenvalue weighted by atomic mass is 10.0. The Morgan fingerprint density at radius 3 is 2.27 bits per heavy atom. The molecule has 0 aliphatic rings. The second kappa shape index (κ2) is 8.04. The summed E-state index contributed by atoms with van der Waals surface area (Å²) in [5.74, 6) is 1.89. The highest BCUT2D eigenvalue weighted by Gasteiger charge is 2.04. The molecule has 2 rings (SSSR count). The van der Waals surface area contributed by atoms with Crippen molar-refractivity contribution in [2.75, 3.05) is 11.1 Å². The molecular formula is C19H23NOS. The van der Waals surface area contributed by atoms with Crippen LogP contribution in [0.25, 0.3) is 0 Å². The molecule has 0 fully saturated rings. The molecule has 0 atom stereocenters. The predicted octanol–water partition coefficient (Wildman–Crippen LogP) is 4.99. The van der Waals surface area contributed by atoms with Crippen LogP contribution >= 0.6 is 11.8 Å². The van der Waals surface area contributed by atoms with Crippen molar-refractivity contribution in [2.24, 2.45) is 0 Å². The third-order valence-electron chi connectivity index (χ3n) is 3.48. The van der Waals surface area contributed by atoms with Crippen molar-refractivity contribution in [3.05, 3.63) is 65.2 Å². The highest BCUT2D eigenvalue weighted by atomic mass is 32.2. The zero-order valence-electron chi connectivity index (χ0n) is 13.4. The van der Waals surface area contributed by atoms with Gasteiger partial charge in [-0.25, -0.2) is 0 Å². The first-order valence-corrected chi connectivity index (χ1v) is 8.73. The van der Waals surface area contributed by atoms with Crippen LogP contribution in [-0.4, -0.2) is 11.7 Å². The Hall–Kier alpha value is -1.74. The van der Waals surface area contributed by atoms with Crippen molar-refractivity contribution in [1.82, 2.24) is 0 Å². The van der Waals surface area contributed by atoms with Gasteiger partial charge in [-0.1, -0.05) is 55.8 Å². The fraction of sp³-hybridized carbons (Fsp3) is 0.316. The van der Waals surface area contributed by atoms with Crippen molar-refractivity contribution in [3.63, 3.8) is 0 Å². The molecule has 2 aromatic carbocycles. The maximum atomic E-state index is 11.9. The van der Waals surface area contributed by atoms with E-state index in [0.717, 1.165) is 11.4 Å². The molecular weight excluding hydrogens is 290 g/mol. The Morgan fingerprint density at radius 1 is 1.05 bits per heavy atom. The summed E-state index contributed by atoms with van der Waals surface area (Å²) in [7, 11) is 0. The van der Waals surface area contributed by atoms with Crippen molar-refractivity contribution < 1.29 is 4.79 Å². The number of aryl methyl sites for hydroxylation is 1. The fourth-order valence-corrected chi connectivity index (χ4v) is 2.88. The van der Waals surface area contributed by atoms with Gasteiger partial charge in [0.1, 0.15) is 0 Å². The number of rotatable bonds is 6. The summed E-state index contributed by atoms with van der Waals surface area (Å²) < 4.78 is 0. The molecule has 116 valence electrons. The van der Waals surface area contributed by atoms with Gasteiger partial charge >= 0.3 is 0 Å². The first-order chi connectivity index (χ1) is 10.5. The minimum Gasteiger partial charge on any atom is -0.325 e. The van der Waals surface area contributed by atoms with E-state index in [0.29, 0.717) is 11.7 Å². The summed E-state index contributed by atoms with van der Waals surface area (Å²) in [5, 5.41) is 2.94. The summed E-state index contributed by atoms with van der Waals surface area (Å²) in [6, 6.07) is 16.5. The normalized spacial score (nSPS) is 10.7. The molecule has 22 heavy (non-hydrogen) atoms. The van der Waals surface area contributed by atoms with E-state index in [9.17, 15) is 4.79 Å². The number of carbonyl (C=O) groups excluding carboxylic acids is 1. The number of hydrogen-bond donors (Lipinski definition) is 1. The second-order valence-electron chi connectivity index (χ2n) is 5.80. The lowest BCUT2D eigenvalue weighted by molar-refractivity contribution is -0.113. The van der Waals surface area contributed by atoms with Crippen molar-refractivity contribution in [3.8, 4) is 0 Å². The molecule has 0 aromatic heterocycles. The van der Waals surface area contributed by atoms with Crippen LogP contribution in [0.2, 0.25) is 0 Å². The van der Waals surface area contributed by atoms with Gasteiger partial charge in [0.2, 0.25) is 5.91 Å². The smallest absolute Gasteiger partial charge is 0.234 e. The number of carbonyl (C=O) groups is 1. The van der Waals surface area contributed by atoms with Gasteiger partial charge in [0.15, 0.2) is 0 Å². The van der Waals surface area contributed by atoms with Crippen LogP contribution in [0.15, 0.2) is 48.5 Å². The maximum Gasteiger partial charge on any atom is 0.234 e. The monoisotopic (exact) mass is 313 g/mol. The molecule has 1 amide bonds. The summed E-state index contributed by atoms with van der Waals surface area (Å²) in [6.45, 7) is 6.40. The molecule has 0 heterocycles. The van der Waals surface area contributed by atoms with Crippen LogP contribution in [-0.2, 0) is 10.5 Å². The van der Waals surface area contributed by atoms with E-state index < -0.39 is 0 Å². The minimum atomic E-state index is 0.0504. The third kappa shape index (κ3) is 5.23. The fourth-order valence-electron chi connectivity index (χ4n) is 2.09. The van der Waals surface area contributed by atoms with Gasteiger partial charge in [0.05, 0.1) is 5.75 Å². The number of amides is 1. The lowest BCUT2D eigenvalue weighted by Crippen LogP contribution is -2.14. The summed E-state index contributed by atoms with van der Waals surface area (Å²) in [6.07, 6.45) is 0. The van der Waals surface area contributed by atoms with E-state index in [4.69, 9.17) is 0 Å². The van der Waals surface area contributed by atoms with Crippen LogP contribution < -0.4 is 5.32 Å². The van der Waals surface area contributed by atoms with Crippen molar-refractivity contribution in [1.29, 1.82) is 0 Å². The molecule has 0 aliphatic carbocycles. The molecule has 0 bridgehead atoms. The predicted molar refractivity (Wildman–Crippen MR) is 96.5 cm³/mol. The zero-order chi connectivity index (χ0) is 15.9. The SMILES string of the molecule is Cc1ccc(CSCC(=O)Nc2ccc(C(C)C)cc2)cc1. The number of hydrogen-bond acceptors (Lipinski definition) is 2. The topological polar surface area (TPSA) is 29.1 Å². The highest BCUT2D eigenvalue weighted by molar-refractivity contribution is 7.99. The summed E-state index contributed by atoms with van der Waals surface area (Å²) in [4.78, 5) is 11.9. The Kier molecular flexibility index (Phi) is 6.08. The molecule has 2 nitrogen and oxygen atoms in total. The van der Waals surface area contributed by atoms with Crippen LogP contribution in [0, 0.1) is 6.92 Å². The van der Waals surface area contributed by atoms with Gasteiger partial charge in [-0.2, -0.15) is 0 Å². The first kappa shape index (κ1) is 16.6. The molecule has 1 N–H and O–H groups in total. The van der Waals surface area contributed by atoms with E-state index >= 15 is 0 Å². The first-order valence-electron chi connectivity index (χ1n) is 7.57. The average molecular weight is 313 g/mol.